The molecular weight excluding hydrogens is 468 g/mol. The molecule has 3 N–H and O–H groups in total. The first-order valence-electron chi connectivity index (χ1n) is 11.5. The van der Waals surface area contributed by atoms with Crippen molar-refractivity contribution in [2.75, 3.05) is 30.4 Å². The average molecular weight is 496 g/mol. The number of aromatic nitrogens is 1. The van der Waals surface area contributed by atoms with Crippen LogP contribution >= 0.6 is 0 Å². The number of rotatable bonds is 7. The zero-order valence-corrected chi connectivity index (χ0v) is 20.1. The van der Waals surface area contributed by atoms with E-state index in [0.717, 1.165) is 6.92 Å². The Morgan fingerprint density at radius 1 is 1.08 bits per heavy atom. The fourth-order valence-corrected chi connectivity index (χ4v) is 4.01. The van der Waals surface area contributed by atoms with Gasteiger partial charge in [0.2, 0.25) is 0 Å². The van der Waals surface area contributed by atoms with Crippen molar-refractivity contribution in [2.24, 2.45) is 0 Å². The number of nitrogens with one attached hydrogen (secondary N) is 3. The maximum Gasteiger partial charge on any atom is 0.321 e. The summed E-state index contributed by atoms with van der Waals surface area (Å²) >= 11 is 0. The van der Waals surface area contributed by atoms with Crippen LogP contribution in [0.2, 0.25) is 0 Å². The maximum absolute atomic E-state index is 14.0. The number of anilines is 2. The minimum absolute atomic E-state index is 0.162. The summed E-state index contributed by atoms with van der Waals surface area (Å²) in [5.41, 5.74) is 1.85. The molecule has 0 saturated carbocycles. The molecule has 0 aliphatic carbocycles. The Morgan fingerprint density at radius 2 is 1.83 bits per heavy atom. The summed E-state index contributed by atoms with van der Waals surface area (Å²) < 4.78 is 29.3. The Labute approximate surface area is 206 Å². The zero-order chi connectivity index (χ0) is 26.0. The quantitative estimate of drug-likeness (QED) is 0.462. The third kappa shape index (κ3) is 5.22. The number of halogens is 2. The van der Waals surface area contributed by atoms with E-state index in [1.807, 2.05) is 0 Å². The first kappa shape index (κ1) is 24.9. The summed E-state index contributed by atoms with van der Waals surface area (Å²) in [4.78, 5) is 39.2. The normalized spacial score (nSPS) is 14.4. The molecule has 188 valence electrons. The molecule has 3 amide bonds. The van der Waals surface area contributed by atoms with Crippen LogP contribution in [0.15, 0.2) is 65.6 Å². The summed E-state index contributed by atoms with van der Waals surface area (Å²) in [7, 11) is 1.63. The number of carbonyl (C=O) groups is 2. The van der Waals surface area contributed by atoms with Crippen molar-refractivity contribution >= 4 is 23.3 Å². The van der Waals surface area contributed by atoms with Crippen molar-refractivity contribution < 1.29 is 18.4 Å². The molecule has 2 heterocycles. The first-order chi connectivity index (χ1) is 17.1. The number of benzene rings is 2. The lowest BCUT2D eigenvalue weighted by atomic mass is 10.0. The van der Waals surface area contributed by atoms with Gasteiger partial charge in [-0.25, -0.2) is 13.6 Å². The molecule has 4 rings (SSSR count). The molecule has 1 fully saturated rings. The monoisotopic (exact) mass is 495 g/mol. The molecule has 1 aliphatic rings. The molecule has 36 heavy (non-hydrogen) atoms. The van der Waals surface area contributed by atoms with Crippen LogP contribution in [0.1, 0.15) is 41.4 Å². The highest BCUT2D eigenvalue weighted by atomic mass is 19.3. The van der Waals surface area contributed by atoms with Gasteiger partial charge in [-0.2, -0.15) is 0 Å². The number of alkyl halides is 2. The number of pyridine rings is 1. The summed E-state index contributed by atoms with van der Waals surface area (Å²) in [6, 6.07) is 13.2. The van der Waals surface area contributed by atoms with Crippen molar-refractivity contribution in [1.29, 1.82) is 0 Å². The van der Waals surface area contributed by atoms with Gasteiger partial charge >= 0.3 is 6.03 Å². The lowest BCUT2D eigenvalue weighted by molar-refractivity contribution is 0.0174. The number of amides is 3. The Kier molecular flexibility index (Phi) is 6.78. The number of nitrogens with zero attached hydrogens (tertiary/aromatic N) is 2. The van der Waals surface area contributed by atoms with E-state index in [9.17, 15) is 23.2 Å². The molecule has 1 aliphatic heterocycles. The Hall–Kier alpha value is -4.21. The second kappa shape index (κ2) is 9.80. The van der Waals surface area contributed by atoms with Crippen LogP contribution in [0.4, 0.5) is 25.0 Å². The Balaban J connectivity index is 1.59. The van der Waals surface area contributed by atoms with E-state index in [4.69, 9.17) is 0 Å². The highest BCUT2D eigenvalue weighted by Crippen LogP contribution is 2.32. The Bertz CT molecular complexity index is 1370. The molecule has 8 nitrogen and oxygen atoms in total. The predicted molar refractivity (Wildman–Crippen MR) is 134 cm³/mol. The molecule has 3 aromatic rings. The van der Waals surface area contributed by atoms with E-state index in [0.29, 0.717) is 35.7 Å². The fourth-order valence-electron chi connectivity index (χ4n) is 4.01. The van der Waals surface area contributed by atoms with Crippen LogP contribution in [0, 0.1) is 0 Å². The topological polar surface area (TPSA) is 95.5 Å². The van der Waals surface area contributed by atoms with Gasteiger partial charge in [-0.15, -0.1) is 0 Å². The van der Waals surface area contributed by atoms with Gasteiger partial charge < -0.3 is 16.0 Å². The summed E-state index contributed by atoms with van der Waals surface area (Å²) in [5, 5.41) is 8.41. The number of carbonyl (C=O) groups excluding carboxylic acids is 2. The van der Waals surface area contributed by atoms with Crippen molar-refractivity contribution in [3.63, 3.8) is 0 Å². The largest absolute Gasteiger partial charge is 0.388 e. The smallest absolute Gasteiger partial charge is 0.321 e. The second-order valence-corrected chi connectivity index (χ2v) is 8.71. The van der Waals surface area contributed by atoms with Gasteiger partial charge in [0.1, 0.15) is 0 Å². The minimum Gasteiger partial charge on any atom is -0.388 e. The highest BCUT2D eigenvalue weighted by Gasteiger charge is 2.26. The van der Waals surface area contributed by atoms with Crippen LogP contribution < -0.4 is 26.4 Å². The first-order valence-corrected chi connectivity index (χ1v) is 11.5. The molecule has 1 atom stereocenters. The van der Waals surface area contributed by atoms with E-state index in [1.165, 1.54) is 35.0 Å². The number of urea groups is 1. The van der Waals surface area contributed by atoms with Crippen LogP contribution in [0.3, 0.4) is 0 Å². The molecule has 1 saturated heterocycles. The van der Waals surface area contributed by atoms with Gasteiger partial charge in [-0.3, -0.25) is 19.1 Å². The maximum atomic E-state index is 14.0. The number of hydrogen-bond acceptors (Lipinski definition) is 4. The number of hydrogen-bond donors (Lipinski definition) is 3. The van der Waals surface area contributed by atoms with Gasteiger partial charge in [0.25, 0.3) is 17.4 Å². The molecular formula is C26H27F2N5O3. The minimum atomic E-state index is -3.04. The van der Waals surface area contributed by atoms with Gasteiger partial charge in [-0.05, 0) is 55.0 Å². The van der Waals surface area contributed by atoms with Crippen LogP contribution in [-0.2, 0) is 5.92 Å². The molecule has 2 aromatic carbocycles. The van der Waals surface area contributed by atoms with E-state index in [-0.39, 0.29) is 22.7 Å². The summed E-state index contributed by atoms with van der Waals surface area (Å²) in [6.07, 6.45) is 1.42. The van der Waals surface area contributed by atoms with Gasteiger partial charge in [-0.1, -0.05) is 6.07 Å². The zero-order valence-electron chi connectivity index (χ0n) is 20.1. The van der Waals surface area contributed by atoms with Crippen molar-refractivity contribution in [3.8, 4) is 5.69 Å². The SMILES string of the molecule is CNc1cc([C@@H](C)NC(=O)c2ccc(=O)n(-c3cccc(N4CCNC4=O)c3)c2)cc(C(C)(F)F)c1. The van der Waals surface area contributed by atoms with E-state index in [1.54, 1.807) is 49.2 Å². The van der Waals surface area contributed by atoms with E-state index >= 15 is 0 Å². The van der Waals surface area contributed by atoms with Gasteiger partial charge in [0.05, 0.1) is 17.3 Å². The Morgan fingerprint density at radius 3 is 2.50 bits per heavy atom. The van der Waals surface area contributed by atoms with E-state index < -0.39 is 17.9 Å². The lowest BCUT2D eigenvalue weighted by Crippen LogP contribution is -2.29. The summed E-state index contributed by atoms with van der Waals surface area (Å²) in [6.45, 7) is 3.57. The second-order valence-electron chi connectivity index (χ2n) is 8.71. The average Bonchev–Trinajstić information content (AvgIpc) is 3.29. The lowest BCUT2D eigenvalue weighted by Gasteiger charge is -2.20. The molecule has 10 heteroatoms. The van der Waals surface area contributed by atoms with Crippen molar-refractivity contribution in [2.45, 2.75) is 25.8 Å². The van der Waals surface area contributed by atoms with Crippen molar-refractivity contribution in [3.05, 3.63) is 87.8 Å². The van der Waals surface area contributed by atoms with Crippen LogP contribution in [0.25, 0.3) is 5.69 Å². The molecule has 0 unspecified atom stereocenters. The van der Waals surface area contributed by atoms with Crippen molar-refractivity contribution in [1.82, 2.24) is 15.2 Å². The standard InChI is InChI=1S/C26H27F2N5O3/c1-16(18-11-19(26(2,27)28)13-20(12-18)29-3)31-24(35)17-7-8-23(34)33(15-17)22-6-4-5-21(14-22)32-10-9-30-25(32)36/h4-8,11-16,29H,9-10H2,1-3H3,(H,30,36)(H,31,35)/t16-/m1/s1. The molecule has 0 bridgehead atoms. The summed E-state index contributed by atoms with van der Waals surface area (Å²) in [5.74, 6) is -3.50. The fraction of sp³-hybridized carbons (Fsp3) is 0.269. The molecule has 0 radical (unpaired) electrons. The molecule has 0 spiro atoms. The van der Waals surface area contributed by atoms with E-state index in [2.05, 4.69) is 16.0 Å². The van der Waals surface area contributed by atoms with Gasteiger partial charge in [0, 0.05) is 56.3 Å². The van der Waals surface area contributed by atoms with Crippen LogP contribution in [0.5, 0.6) is 0 Å². The van der Waals surface area contributed by atoms with Gasteiger partial charge in [0.15, 0.2) is 0 Å². The predicted octanol–water partition coefficient (Wildman–Crippen LogP) is 4.01. The third-order valence-electron chi connectivity index (χ3n) is 6.05. The highest BCUT2D eigenvalue weighted by molar-refractivity contribution is 5.95. The van der Waals surface area contributed by atoms with Crippen LogP contribution in [-0.4, -0.2) is 36.6 Å². The third-order valence-corrected chi connectivity index (χ3v) is 6.05. The molecule has 1 aromatic heterocycles.